The first-order valence-electron chi connectivity index (χ1n) is 3.39. The molecule has 5 N–H and O–H groups in total. The van der Waals surface area contributed by atoms with Crippen molar-refractivity contribution in [3.63, 3.8) is 0 Å². The molecule has 0 aliphatic carbocycles. The molecule has 0 aliphatic rings. The molecular formula is C6H11FO6. The molecule has 78 valence electrons. The molecule has 0 amide bonds. The summed E-state index contributed by atoms with van der Waals surface area (Å²) in [6.07, 6.45) is -4.89. The molecular weight excluding hydrogens is 187 g/mol. The van der Waals surface area contributed by atoms with Gasteiger partial charge in [0.2, 0.25) is 0 Å². The van der Waals surface area contributed by atoms with E-state index in [1.165, 1.54) is 0 Å². The van der Waals surface area contributed by atoms with Crippen LogP contribution in [0.3, 0.4) is 0 Å². The van der Waals surface area contributed by atoms with Crippen LogP contribution in [0.25, 0.3) is 0 Å². The van der Waals surface area contributed by atoms with Crippen LogP contribution in [0.15, 0.2) is 0 Å². The summed E-state index contributed by atoms with van der Waals surface area (Å²) in [6, 6.07) is 0. The lowest BCUT2D eigenvalue weighted by Gasteiger charge is -2.26. The second-order valence-electron chi connectivity index (χ2n) is 2.45. The van der Waals surface area contributed by atoms with Crippen molar-refractivity contribution in [2.45, 2.75) is 18.1 Å². The third-order valence-corrected chi connectivity index (χ3v) is 1.48. The Hall–Kier alpha value is -0.600. The van der Waals surface area contributed by atoms with Gasteiger partial charge < -0.3 is 25.5 Å². The zero-order valence-corrected chi connectivity index (χ0v) is 6.59. The molecule has 0 unspecified atom stereocenters. The van der Waals surface area contributed by atoms with Gasteiger partial charge in [0.15, 0.2) is 11.9 Å². The Morgan fingerprint density at radius 2 is 1.85 bits per heavy atom. The standard InChI is InChI=1S/C6H11FO6/c7-6(13,4(11)2-9)5(12)3(10)1-8/h4-5,8-9,11-13H,1-2H2/t4-,5-,6-/m1/s1. The summed E-state index contributed by atoms with van der Waals surface area (Å²) in [5.41, 5.74) is 0. The van der Waals surface area contributed by atoms with Crippen LogP contribution < -0.4 is 0 Å². The maximum Gasteiger partial charge on any atom is 0.268 e. The largest absolute Gasteiger partial charge is 0.393 e. The highest BCUT2D eigenvalue weighted by molar-refractivity contribution is 5.84. The Balaban J connectivity index is 4.52. The average molecular weight is 198 g/mol. The Morgan fingerprint density at radius 3 is 2.15 bits per heavy atom. The fourth-order valence-electron chi connectivity index (χ4n) is 0.623. The summed E-state index contributed by atoms with van der Waals surface area (Å²) in [7, 11) is 0. The van der Waals surface area contributed by atoms with Crippen LogP contribution in [-0.4, -0.2) is 62.6 Å². The molecule has 13 heavy (non-hydrogen) atoms. The second-order valence-corrected chi connectivity index (χ2v) is 2.45. The fourth-order valence-corrected chi connectivity index (χ4v) is 0.623. The number of hydrogen-bond donors (Lipinski definition) is 5. The number of alkyl halides is 1. The molecule has 0 aromatic carbocycles. The molecule has 6 nitrogen and oxygen atoms in total. The summed E-state index contributed by atoms with van der Waals surface area (Å²) in [5.74, 6) is -5.05. The number of rotatable bonds is 5. The third-order valence-electron chi connectivity index (χ3n) is 1.48. The first kappa shape index (κ1) is 12.4. The maximum atomic E-state index is 12.9. The number of hydrogen-bond acceptors (Lipinski definition) is 6. The van der Waals surface area contributed by atoms with Crippen molar-refractivity contribution >= 4 is 5.78 Å². The summed E-state index contributed by atoms with van der Waals surface area (Å²) >= 11 is 0. The van der Waals surface area contributed by atoms with Gasteiger partial charge in [-0.05, 0) is 0 Å². The Morgan fingerprint density at radius 1 is 1.38 bits per heavy atom. The van der Waals surface area contributed by atoms with Gasteiger partial charge in [-0.15, -0.1) is 0 Å². The van der Waals surface area contributed by atoms with Gasteiger partial charge in [0.05, 0.1) is 6.61 Å². The summed E-state index contributed by atoms with van der Waals surface area (Å²) in [4.78, 5) is 10.5. The second kappa shape index (κ2) is 4.58. The van der Waals surface area contributed by atoms with Crippen LogP contribution in [-0.2, 0) is 4.79 Å². The monoisotopic (exact) mass is 198 g/mol. The zero-order chi connectivity index (χ0) is 10.6. The molecule has 7 heteroatoms. The van der Waals surface area contributed by atoms with Crippen molar-refractivity contribution < 1.29 is 34.7 Å². The van der Waals surface area contributed by atoms with Crippen molar-refractivity contribution in [3.8, 4) is 0 Å². The van der Waals surface area contributed by atoms with Crippen LogP contribution >= 0.6 is 0 Å². The molecule has 0 bridgehead atoms. The van der Waals surface area contributed by atoms with Crippen molar-refractivity contribution in [3.05, 3.63) is 0 Å². The number of aliphatic hydroxyl groups excluding tert-OH is 4. The van der Waals surface area contributed by atoms with Gasteiger partial charge in [-0.2, -0.15) is 0 Å². The number of carbonyl (C=O) groups excluding carboxylic acids is 1. The maximum absolute atomic E-state index is 12.9. The molecule has 3 atom stereocenters. The molecule has 0 radical (unpaired) electrons. The van der Waals surface area contributed by atoms with Crippen LogP contribution in [0.4, 0.5) is 4.39 Å². The Kier molecular flexibility index (Phi) is 4.37. The predicted octanol–water partition coefficient (Wildman–Crippen LogP) is -3.08. The molecule has 0 aromatic heterocycles. The van der Waals surface area contributed by atoms with E-state index in [2.05, 4.69) is 0 Å². The molecule has 0 fully saturated rings. The minimum Gasteiger partial charge on any atom is -0.393 e. The lowest BCUT2D eigenvalue weighted by molar-refractivity contribution is -0.231. The lowest BCUT2D eigenvalue weighted by atomic mass is 10.0. The SMILES string of the molecule is O=C(CO)[C@@H](O)[C@@](O)(F)[C@H](O)CO. The van der Waals surface area contributed by atoms with E-state index in [4.69, 9.17) is 25.5 Å². The van der Waals surface area contributed by atoms with Gasteiger partial charge in [-0.1, -0.05) is 0 Å². The van der Waals surface area contributed by atoms with E-state index in [9.17, 15) is 9.18 Å². The first-order chi connectivity index (χ1) is 5.87. The topological polar surface area (TPSA) is 118 Å². The quantitative estimate of drug-likeness (QED) is 0.319. The van der Waals surface area contributed by atoms with Crippen LogP contribution in [0.2, 0.25) is 0 Å². The van der Waals surface area contributed by atoms with E-state index in [1.807, 2.05) is 0 Å². The number of carbonyl (C=O) groups is 1. The number of aliphatic hydroxyl groups is 5. The van der Waals surface area contributed by atoms with Crippen LogP contribution in [0, 0.1) is 0 Å². The van der Waals surface area contributed by atoms with E-state index >= 15 is 0 Å². The summed E-state index contributed by atoms with van der Waals surface area (Å²) in [6.45, 7) is -2.34. The summed E-state index contributed by atoms with van der Waals surface area (Å²) < 4.78 is 12.9. The summed E-state index contributed by atoms with van der Waals surface area (Å²) in [5, 5.41) is 42.5. The number of Topliss-reactive ketones (excluding diaryl/α,β-unsaturated/α-hetero) is 1. The molecule has 0 spiro atoms. The normalized spacial score (nSPS) is 20.5. The number of halogens is 1. The fraction of sp³-hybridized carbons (Fsp3) is 0.833. The Bertz CT molecular complexity index is 182. The molecule has 0 aromatic rings. The first-order valence-corrected chi connectivity index (χ1v) is 3.39. The highest BCUT2D eigenvalue weighted by atomic mass is 19.2. The van der Waals surface area contributed by atoms with Gasteiger partial charge in [0, 0.05) is 0 Å². The smallest absolute Gasteiger partial charge is 0.268 e. The van der Waals surface area contributed by atoms with Crippen molar-refractivity contribution in [2.24, 2.45) is 0 Å². The van der Waals surface area contributed by atoms with E-state index in [0.717, 1.165) is 0 Å². The van der Waals surface area contributed by atoms with E-state index in [1.54, 1.807) is 0 Å². The lowest BCUT2D eigenvalue weighted by Crippen LogP contribution is -2.54. The minimum atomic E-state index is -3.66. The number of ketones is 1. The van der Waals surface area contributed by atoms with Crippen LogP contribution in [0.5, 0.6) is 0 Å². The van der Waals surface area contributed by atoms with Crippen LogP contribution in [0.1, 0.15) is 0 Å². The van der Waals surface area contributed by atoms with Gasteiger partial charge in [-0.25, -0.2) is 4.39 Å². The molecule has 0 saturated carbocycles. The van der Waals surface area contributed by atoms with Crippen molar-refractivity contribution in [1.29, 1.82) is 0 Å². The minimum absolute atomic E-state index is 1.16. The average Bonchev–Trinajstić information content (AvgIpc) is 2.13. The molecule has 0 heterocycles. The predicted molar refractivity (Wildman–Crippen MR) is 37.3 cm³/mol. The van der Waals surface area contributed by atoms with Gasteiger partial charge >= 0.3 is 0 Å². The van der Waals surface area contributed by atoms with E-state index in [-0.39, 0.29) is 0 Å². The van der Waals surface area contributed by atoms with Gasteiger partial charge in [-0.3, -0.25) is 4.79 Å². The Labute approximate surface area is 72.9 Å². The highest BCUT2D eigenvalue weighted by Crippen LogP contribution is 2.18. The van der Waals surface area contributed by atoms with Crippen molar-refractivity contribution in [1.82, 2.24) is 0 Å². The molecule has 0 rings (SSSR count). The van der Waals surface area contributed by atoms with Gasteiger partial charge in [0.25, 0.3) is 5.85 Å². The third kappa shape index (κ3) is 2.68. The van der Waals surface area contributed by atoms with E-state index in [0.29, 0.717) is 0 Å². The molecule has 0 saturated heterocycles. The van der Waals surface area contributed by atoms with Crippen molar-refractivity contribution in [2.75, 3.05) is 13.2 Å². The van der Waals surface area contributed by atoms with E-state index < -0.39 is 37.1 Å². The zero-order valence-electron chi connectivity index (χ0n) is 6.59. The molecule has 0 aliphatic heterocycles. The highest BCUT2D eigenvalue weighted by Gasteiger charge is 2.46. The van der Waals surface area contributed by atoms with Gasteiger partial charge in [0.1, 0.15) is 12.7 Å².